The zero-order chi connectivity index (χ0) is 11.1. The monoisotopic (exact) mass is 213 g/mol. The Morgan fingerprint density at radius 3 is 2.87 bits per heavy atom. The Bertz CT molecular complexity index is 248. The number of nitrogens with zero attached hydrogens (tertiary/aromatic N) is 1. The average molecular weight is 213 g/mol. The van der Waals surface area contributed by atoms with E-state index in [9.17, 15) is 4.39 Å². The van der Waals surface area contributed by atoms with E-state index in [1.165, 1.54) is 6.20 Å². The lowest BCUT2D eigenvalue weighted by atomic mass is 10.2. The van der Waals surface area contributed by atoms with E-state index in [4.69, 9.17) is 0 Å². The molecule has 0 fully saturated rings. The minimum absolute atomic E-state index is 0.181. The highest BCUT2D eigenvalue weighted by molar-refractivity contribution is 5.22. The molecule has 0 aliphatic carbocycles. The second-order valence-electron chi connectivity index (χ2n) is 3.84. The summed E-state index contributed by atoms with van der Waals surface area (Å²) in [6.07, 6.45) is 3.32. The number of halogens is 1. The molecule has 0 aromatic carbocycles. The maximum absolute atomic E-state index is 13.4. The summed E-state index contributed by atoms with van der Waals surface area (Å²) in [5, 5.41) is 6.23. The Hall–Kier alpha value is -0.870. The summed E-state index contributed by atoms with van der Waals surface area (Å²) < 4.78 is 13.4. The molecule has 0 radical (unpaired) electrons. The van der Waals surface area contributed by atoms with Crippen molar-refractivity contribution in [3.8, 4) is 0 Å². The maximum Gasteiger partial charge on any atom is 0.141 e. The molecule has 0 aromatic heterocycles. The van der Waals surface area contributed by atoms with Gasteiger partial charge in [0.2, 0.25) is 0 Å². The van der Waals surface area contributed by atoms with E-state index in [1.54, 1.807) is 6.92 Å². The van der Waals surface area contributed by atoms with Crippen LogP contribution in [0.4, 0.5) is 4.39 Å². The van der Waals surface area contributed by atoms with E-state index >= 15 is 0 Å². The zero-order valence-corrected chi connectivity index (χ0v) is 9.52. The Balaban J connectivity index is 2.53. The van der Waals surface area contributed by atoms with Crippen LogP contribution in [-0.2, 0) is 0 Å². The van der Waals surface area contributed by atoms with E-state index in [0.29, 0.717) is 5.57 Å². The standard InChI is InChI=1S/C11H20FN3/c1-10-3-4-13-5-7-15(2)8-6-14-9-11(10)12/h3,9,13-14H,4-8H2,1-2H3/b10-3-,11-9+. The van der Waals surface area contributed by atoms with Gasteiger partial charge in [0.15, 0.2) is 0 Å². The molecule has 4 heteroatoms. The molecule has 0 amide bonds. The van der Waals surface area contributed by atoms with Crippen molar-refractivity contribution in [1.82, 2.24) is 15.5 Å². The van der Waals surface area contributed by atoms with Crippen LogP contribution >= 0.6 is 0 Å². The maximum atomic E-state index is 13.4. The first-order valence-corrected chi connectivity index (χ1v) is 5.35. The minimum atomic E-state index is -0.181. The van der Waals surface area contributed by atoms with Crippen molar-refractivity contribution in [3.05, 3.63) is 23.7 Å². The molecule has 2 N–H and O–H groups in total. The van der Waals surface area contributed by atoms with E-state index < -0.39 is 0 Å². The Labute approximate surface area is 91.0 Å². The van der Waals surface area contributed by atoms with Gasteiger partial charge in [-0.2, -0.15) is 0 Å². The summed E-state index contributed by atoms with van der Waals surface area (Å²) >= 11 is 0. The van der Waals surface area contributed by atoms with Gasteiger partial charge in [-0.1, -0.05) is 6.08 Å². The lowest BCUT2D eigenvalue weighted by Gasteiger charge is -2.17. The predicted octanol–water partition coefficient (Wildman–Crippen LogP) is 0.868. The van der Waals surface area contributed by atoms with Gasteiger partial charge in [-0.25, -0.2) is 4.39 Å². The highest BCUT2D eigenvalue weighted by atomic mass is 19.1. The van der Waals surface area contributed by atoms with Gasteiger partial charge in [-0.3, -0.25) is 0 Å². The third-order valence-corrected chi connectivity index (χ3v) is 2.47. The highest BCUT2D eigenvalue weighted by Gasteiger charge is 2.00. The minimum Gasteiger partial charge on any atom is -0.387 e. The molecule has 0 saturated carbocycles. The van der Waals surface area contributed by atoms with Crippen LogP contribution in [0.25, 0.3) is 0 Å². The van der Waals surface area contributed by atoms with Crippen molar-refractivity contribution in [2.45, 2.75) is 6.92 Å². The van der Waals surface area contributed by atoms with Crippen LogP contribution in [0.2, 0.25) is 0 Å². The van der Waals surface area contributed by atoms with Gasteiger partial charge in [0.1, 0.15) is 5.83 Å². The van der Waals surface area contributed by atoms with E-state index in [2.05, 4.69) is 22.6 Å². The molecule has 0 atom stereocenters. The summed E-state index contributed by atoms with van der Waals surface area (Å²) in [6.45, 7) is 6.16. The molecule has 0 unspecified atom stereocenters. The third kappa shape index (κ3) is 4.95. The van der Waals surface area contributed by atoms with Gasteiger partial charge in [0.25, 0.3) is 0 Å². The number of allylic oxidation sites excluding steroid dienone is 2. The van der Waals surface area contributed by atoms with Crippen LogP contribution in [0.1, 0.15) is 6.92 Å². The summed E-state index contributed by atoms with van der Waals surface area (Å²) in [7, 11) is 2.07. The molecule has 1 rings (SSSR count). The van der Waals surface area contributed by atoms with Crippen molar-refractivity contribution in [1.29, 1.82) is 0 Å². The van der Waals surface area contributed by atoms with Crippen molar-refractivity contribution in [2.75, 3.05) is 39.8 Å². The van der Waals surface area contributed by atoms with Crippen LogP contribution in [-0.4, -0.2) is 44.7 Å². The topological polar surface area (TPSA) is 27.3 Å². The number of likely N-dealkylation sites (N-methyl/N-ethyl adjacent to an activating group) is 1. The molecule has 1 aliphatic rings. The molecule has 0 aromatic rings. The largest absolute Gasteiger partial charge is 0.387 e. The number of nitrogens with one attached hydrogen (secondary N) is 2. The van der Waals surface area contributed by atoms with E-state index in [0.717, 1.165) is 32.7 Å². The average Bonchev–Trinajstić information content (AvgIpc) is 2.21. The molecule has 3 nitrogen and oxygen atoms in total. The predicted molar refractivity (Wildman–Crippen MR) is 61.3 cm³/mol. The molecule has 0 saturated heterocycles. The first kappa shape index (κ1) is 12.2. The lowest BCUT2D eigenvalue weighted by Crippen LogP contribution is -2.33. The number of hydrogen-bond donors (Lipinski definition) is 2. The molecule has 1 heterocycles. The summed E-state index contributed by atoms with van der Waals surface area (Å²) in [5.74, 6) is -0.181. The first-order valence-electron chi connectivity index (χ1n) is 5.35. The van der Waals surface area contributed by atoms with Gasteiger partial charge >= 0.3 is 0 Å². The fraction of sp³-hybridized carbons (Fsp3) is 0.636. The molecule has 15 heavy (non-hydrogen) atoms. The van der Waals surface area contributed by atoms with E-state index in [-0.39, 0.29) is 5.83 Å². The second-order valence-corrected chi connectivity index (χ2v) is 3.84. The van der Waals surface area contributed by atoms with Gasteiger partial charge in [0.05, 0.1) is 0 Å². The zero-order valence-electron chi connectivity index (χ0n) is 9.52. The SMILES string of the molecule is CC1=C/CNCCN(C)CCN/C=C\1F. The molecular weight excluding hydrogens is 193 g/mol. The van der Waals surface area contributed by atoms with Gasteiger partial charge in [-0.15, -0.1) is 0 Å². The van der Waals surface area contributed by atoms with Crippen LogP contribution in [0.5, 0.6) is 0 Å². The van der Waals surface area contributed by atoms with Gasteiger partial charge in [0, 0.05) is 38.9 Å². The fourth-order valence-electron chi connectivity index (χ4n) is 1.34. The summed E-state index contributed by atoms with van der Waals surface area (Å²) in [5.41, 5.74) is 0.684. The van der Waals surface area contributed by atoms with Crippen molar-refractivity contribution in [3.63, 3.8) is 0 Å². The Morgan fingerprint density at radius 1 is 1.33 bits per heavy atom. The van der Waals surface area contributed by atoms with Crippen LogP contribution in [0.15, 0.2) is 23.7 Å². The van der Waals surface area contributed by atoms with Crippen LogP contribution in [0, 0.1) is 0 Å². The normalized spacial score (nSPS) is 28.7. The molecule has 0 spiro atoms. The highest BCUT2D eigenvalue weighted by Crippen LogP contribution is 2.08. The first-order chi connectivity index (χ1) is 7.20. The molecular formula is C11H20FN3. The van der Waals surface area contributed by atoms with Crippen molar-refractivity contribution >= 4 is 0 Å². The third-order valence-electron chi connectivity index (χ3n) is 2.47. The second kappa shape index (κ2) is 6.58. The van der Waals surface area contributed by atoms with Gasteiger partial charge in [-0.05, 0) is 19.5 Å². The fourth-order valence-corrected chi connectivity index (χ4v) is 1.34. The quantitative estimate of drug-likeness (QED) is 0.625. The smallest absolute Gasteiger partial charge is 0.141 e. The Kier molecular flexibility index (Phi) is 5.36. The Morgan fingerprint density at radius 2 is 2.07 bits per heavy atom. The lowest BCUT2D eigenvalue weighted by molar-refractivity contribution is 0.336. The summed E-state index contributed by atoms with van der Waals surface area (Å²) in [4.78, 5) is 2.21. The van der Waals surface area contributed by atoms with Crippen LogP contribution < -0.4 is 10.6 Å². The van der Waals surface area contributed by atoms with E-state index in [1.807, 2.05) is 6.08 Å². The van der Waals surface area contributed by atoms with Crippen LogP contribution in [0.3, 0.4) is 0 Å². The number of rotatable bonds is 0. The summed E-state index contributed by atoms with van der Waals surface area (Å²) in [6, 6.07) is 0. The molecule has 86 valence electrons. The van der Waals surface area contributed by atoms with Crippen molar-refractivity contribution < 1.29 is 4.39 Å². The van der Waals surface area contributed by atoms with Crippen molar-refractivity contribution in [2.24, 2.45) is 0 Å². The molecule has 0 bridgehead atoms. The van der Waals surface area contributed by atoms with Gasteiger partial charge < -0.3 is 15.5 Å². The molecule has 1 aliphatic heterocycles. The number of hydrogen-bond acceptors (Lipinski definition) is 3.